The van der Waals surface area contributed by atoms with Crippen molar-refractivity contribution in [2.45, 2.75) is 12.3 Å². The molecule has 1 amide bonds. The first-order valence-corrected chi connectivity index (χ1v) is 7.34. The molecule has 1 saturated heterocycles. The predicted octanol–water partition coefficient (Wildman–Crippen LogP) is 2.00. The molecule has 0 N–H and O–H groups in total. The summed E-state index contributed by atoms with van der Waals surface area (Å²) in [6.07, 6.45) is 2.36. The summed E-state index contributed by atoms with van der Waals surface area (Å²) in [7, 11) is 1.62. The summed E-state index contributed by atoms with van der Waals surface area (Å²) >= 11 is 1.43. The number of hydrogen-bond acceptors (Lipinski definition) is 4. The third-order valence-electron chi connectivity index (χ3n) is 3.49. The second-order valence-corrected chi connectivity index (χ2v) is 6.22. The van der Waals surface area contributed by atoms with E-state index < -0.39 is 11.8 Å². The van der Waals surface area contributed by atoms with E-state index in [0.29, 0.717) is 18.0 Å². The first-order chi connectivity index (χ1) is 10.0. The number of benzene rings is 1. The SMILES string of the molecule is CN1CC(c2ncc(Cc3ccc(F)cc3)s2)C(=O)C1=O. The molecular weight excluding hydrogens is 291 g/mol. The zero-order valence-electron chi connectivity index (χ0n) is 11.4. The summed E-state index contributed by atoms with van der Waals surface area (Å²) in [6, 6.07) is 6.30. The molecule has 4 nitrogen and oxygen atoms in total. The van der Waals surface area contributed by atoms with Crippen LogP contribution in [0.5, 0.6) is 0 Å². The zero-order valence-corrected chi connectivity index (χ0v) is 12.2. The molecule has 2 heterocycles. The first kappa shape index (κ1) is 13.9. The minimum absolute atomic E-state index is 0.262. The zero-order chi connectivity index (χ0) is 15.0. The van der Waals surface area contributed by atoms with Gasteiger partial charge in [0.25, 0.3) is 5.91 Å². The molecule has 2 aromatic rings. The number of ketones is 1. The van der Waals surface area contributed by atoms with Crippen molar-refractivity contribution in [3.05, 3.63) is 51.7 Å². The van der Waals surface area contributed by atoms with E-state index in [-0.39, 0.29) is 11.6 Å². The lowest BCUT2D eigenvalue weighted by molar-refractivity contribution is -0.139. The van der Waals surface area contributed by atoms with Crippen LogP contribution in [-0.2, 0) is 16.0 Å². The molecule has 1 aliphatic heterocycles. The molecule has 21 heavy (non-hydrogen) atoms. The lowest BCUT2D eigenvalue weighted by atomic mass is 10.1. The van der Waals surface area contributed by atoms with Gasteiger partial charge in [-0.3, -0.25) is 9.59 Å². The molecule has 0 radical (unpaired) electrons. The topological polar surface area (TPSA) is 50.3 Å². The molecule has 1 aliphatic rings. The minimum Gasteiger partial charge on any atom is -0.338 e. The standard InChI is InChI=1S/C15H13FN2O2S/c1-18-8-12(13(19)15(18)20)14-17-7-11(21-14)6-9-2-4-10(16)5-3-9/h2-5,7,12H,6,8H2,1H3. The fourth-order valence-corrected chi connectivity index (χ4v) is 3.38. The van der Waals surface area contributed by atoms with Gasteiger partial charge in [-0.2, -0.15) is 0 Å². The van der Waals surface area contributed by atoms with Crippen molar-refractivity contribution < 1.29 is 14.0 Å². The van der Waals surface area contributed by atoms with E-state index in [1.807, 2.05) is 0 Å². The number of halogens is 1. The molecule has 0 saturated carbocycles. The van der Waals surface area contributed by atoms with E-state index in [4.69, 9.17) is 0 Å². The van der Waals surface area contributed by atoms with Gasteiger partial charge in [0.2, 0.25) is 5.78 Å². The highest BCUT2D eigenvalue weighted by Crippen LogP contribution is 2.29. The van der Waals surface area contributed by atoms with Gasteiger partial charge in [0, 0.05) is 31.1 Å². The molecule has 1 unspecified atom stereocenters. The Morgan fingerprint density at radius 1 is 1.33 bits per heavy atom. The van der Waals surface area contributed by atoms with Gasteiger partial charge in [-0.1, -0.05) is 12.1 Å². The average Bonchev–Trinajstić information content (AvgIpc) is 3.02. The summed E-state index contributed by atoms with van der Waals surface area (Å²) in [6.45, 7) is 0.390. The summed E-state index contributed by atoms with van der Waals surface area (Å²) in [5.74, 6) is -1.55. The van der Waals surface area contributed by atoms with Gasteiger partial charge in [0.15, 0.2) is 0 Å². The summed E-state index contributed by atoms with van der Waals surface area (Å²) in [5, 5.41) is 0.676. The van der Waals surface area contributed by atoms with Crippen molar-refractivity contribution >= 4 is 23.0 Å². The van der Waals surface area contributed by atoms with Crippen molar-refractivity contribution in [1.29, 1.82) is 0 Å². The number of rotatable bonds is 3. The molecule has 1 atom stereocenters. The highest BCUT2D eigenvalue weighted by Gasteiger charge is 2.39. The van der Waals surface area contributed by atoms with Crippen LogP contribution in [0, 0.1) is 5.82 Å². The van der Waals surface area contributed by atoms with Crippen molar-refractivity contribution in [1.82, 2.24) is 9.88 Å². The smallest absolute Gasteiger partial charge is 0.290 e. The minimum atomic E-state index is -0.450. The van der Waals surface area contributed by atoms with E-state index >= 15 is 0 Å². The van der Waals surface area contributed by atoms with E-state index in [9.17, 15) is 14.0 Å². The van der Waals surface area contributed by atoms with Crippen molar-refractivity contribution in [3.8, 4) is 0 Å². The Balaban J connectivity index is 1.76. The van der Waals surface area contributed by atoms with E-state index in [2.05, 4.69) is 4.98 Å². The van der Waals surface area contributed by atoms with E-state index in [1.54, 1.807) is 25.4 Å². The van der Waals surface area contributed by atoms with Crippen LogP contribution in [-0.4, -0.2) is 35.2 Å². The van der Waals surface area contributed by atoms with Crippen LogP contribution in [0.4, 0.5) is 4.39 Å². The summed E-state index contributed by atoms with van der Waals surface area (Å²) in [4.78, 5) is 30.1. The Morgan fingerprint density at radius 2 is 2.05 bits per heavy atom. The second-order valence-electron chi connectivity index (χ2n) is 5.07. The third kappa shape index (κ3) is 2.71. The molecule has 3 rings (SSSR count). The number of likely N-dealkylation sites (tertiary alicyclic amines) is 1. The Labute approximate surface area is 125 Å². The number of hydrogen-bond donors (Lipinski definition) is 0. The van der Waals surface area contributed by atoms with Crippen molar-refractivity contribution in [3.63, 3.8) is 0 Å². The molecule has 1 aromatic carbocycles. The lowest BCUT2D eigenvalue weighted by Crippen LogP contribution is -2.22. The van der Waals surface area contributed by atoms with Crippen molar-refractivity contribution in [2.24, 2.45) is 0 Å². The van der Waals surface area contributed by atoms with Crippen LogP contribution in [0.3, 0.4) is 0 Å². The number of aromatic nitrogens is 1. The van der Waals surface area contributed by atoms with Gasteiger partial charge in [-0.25, -0.2) is 9.37 Å². The maximum Gasteiger partial charge on any atom is 0.290 e. The quantitative estimate of drug-likeness (QED) is 0.815. The first-order valence-electron chi connectivity index (χ1n) is 6.53. The number of carbonyl (C=O) groups excluding carboxylic acids is 2. The molecule has 1 aromatic heterocycles. The van der Waals surface area contributed by atoms with Crippen molar-refractivity contribution in [2.75, 3.05) is 13.6 Å². The number of carbonyl (C=O) groups is 2. The van der Waals surface area contributed by atoms with Crippen LogP contribution in [0.15, 0.2) is 30.5 Å². The highest BCUT2D eigenvalue weighted by molar-refractivity contribution is 7.11. The number of Topliss-reactive ketones (excluding diaryl/α,β-unsaturated/α-hetero) is 1. The van der Waals surface area contributed by atoms with Gasteiger partial charge >= 0.3 is 0 Å². The predicted molar refractivity (Wildman–Crippen MR) is 76.7 cm³/mol. The molecule has 6 heteroatoms. The van der Waals surface area contributed by atoms with Crippen LogP contribution >= 0.6 is 11.3 Å². The van der Waals surface area contributed by atoms with Crippen LogP contribution in [0.25, 0.3) is 0 Å². The Hall–Kier alpha value is -2.08. The summed E-state index contributed by atoms with van der Waals surface area (Å²) in [5.41, 5.74) is 0.984. The molecule has 0 spiro atoms. The second kappa shape index (κ2) is 5.37. The Bertz CT molecular complexity index is 696. The number of amides is 1. The maximum absolute atomic E-state index is 12.9. The highest BCUT2D eigenvalue weighted by atomic mass is 32.1. The lowest BCUT2D eigenvalue weighted by Gasteiger charge is -2.05. The third-order valence-corrected chi connectivity index (χ3v) is 4.60. The number of likely N-dealkylation sites (N-methyl/N-ethyl adjacent to an activating group) is 1. The van der Waals surface area contributed by atoms with Gasteiger partial charge in [-0.15, -0.1) is 11.3 Å². The molecular formula is C15H13FN2O2S. The maximum atomic E-state index is 12.9. The van der Waals surface area contributed by atoms with Crippen LogP contribution in [0.1, 0.15) is 21.4 Å². The van der Waals surface area contributed by atoms with Crippen LogP contribution in [0.2, 0.25) is 0 Å². The van der Waals surface area contributed by atoms with Gasteiger partial charge in [0.05, 0.1) is 5.92 Å². The van der Waals surface area contributed by atoms with E-state index in [1.165, 1.54) is 28.4 Å². The van der Waals surface area contributed by atoms with E-state index in [0.717, 1.165) is 10.4 Å². The molecule has 0 aliphatic carbocycles. The monoisotopic (exact) mass is 304 g/mol. The fraction of sp³-hybridized carbons (Fsp3) is 0.267. The normalized spacial score (nSPS) is 18.6. The largest absolute Gasteiger partial charge is 0.338 e. The van der Waals surface area contributed by atoms with Gasteiger partial charge in [0.1, 0.15) is 10.8 Å². The number of thiazole rings is 1. The Morgan fingerprint density at radius 3 is 2.67 bits per heavy atom. The molecule has 108 valence electrons. The molecule has 0 bridgehead atoms. The van der Waals surface area contributed by atoms with Crippen LogP contribution < -0.4 is 0 Å². The summed E-state index contributed by atoms with van der Waals surface area (Å²) < 4.78 is 12.9. The average molecular weight is 304 g/mol. The van der Waals surface area contributed by atoms with Gasteiger partial charge in [-0.05, 0) is 17.7 Å². The number of nitrogens with zero attached hydrogens (tertiary/aromatic N) is 2. The fourth-order valence-electron chi connectivity index (χ4n) is 2.34. The molecule has 1 fully saturated rings. The van der Waals surface area contributed by atoms with Gasteiger partial charge < -0.3 is 4.90 Å². The Kier molecular flexibility index (Phi) is 3.55.